The summed E-state index contributed by atoms with van der Waals surface area (Å²) in [5.41, 5.74) is 6.83. The van der Waals surface area contributed by atoms with Crippen LogP contribution in [0, 0.1) is 0 Å². The van der Waals surface area contributed by atoms with E-state index in [1.807, 2.05) is 12.1 Å². The van der Waals surface area contributed by atoms with Gasteiger partial charge in [0, 0.05) is 19.1 Å². The Kier molecular flexibility index (Phi) is 5.62. The Labute approximate surface area is 111 Å². The normalized spacial score (nSPS) is 13.6. The molecule has 0 bridgehead atoms. The lowest BCUT2D eigenvalue weighted by atomic mass is 10.1. The van der Waals surface area contributed by atoms with Gasteiger partial charge in [0.15, 0.2) is 0 Å². The molecule has 0 fully saturated rings. The van der Waals surface area contributed by atoms with Gasteiger partial charge in [-0.25, -0.2) is 0 Å². The van der Waals surface area contributed by atoms with Gasteiger partial charge >= 0.3 is 6.18 Å². The Morgan fingerprint density at radius 2 is 2.05 bits per heavy atom. The molecule has 0 saturated heterocycles. The van der Waals surface area contributed by atoms with Gasteiger partial charge in [-0.05, 0) is 24.7 Å². The zero-order valence-electron chi connectivity index (χ0n) is 11.1. The third kappa shape index (κ3) is 5.94. The number of hydrogen-bond acceptors (Lipinski definition) is 3. The van der Waals surface area contributed by atoms with E-state index in [1.54, 1.807) is 31.2 Å². The lowest BCUT2D eigenvalue weighted by Gasteiger charge is -2.22. The van der Waals surface area contributed by atoms with Crippen molar-refractivity contribution in [2.75, 3.05) is 27.2 Å². The van der Waals surface area contributed by atoms with E-state index in [1.165, 1.54) is 0 Å². The molecule has 1 atom stereocenters. The van der Waals surface area contributed by atoms with Crippen LogP contribution in [0.1, 0.15) is 18.0 Å². The van der Waals surface area contributed by atoms with Gasteiger partial charge in [-0.3, -0.25) is 0 Å². The maximum atomic E-state index is 12.1. The molecule has 1 aromatic carbocycles. The SMILES string of the molecule is COc1cccc(C(N)CN(C)CCC(F)(F)F)c1. The number of halogens is 3. The van der Waals surface area contributed by atoms with Crippen molar-refractivity contribution in [1.29, 1.82) is 0 Å². The molecule has 2 N–H and O–H groups in total. The second kappa shape index (κ2) is 6.77. The fraction of sp³-hybridized carbons (Fsp3) is 0.538. The first-order valence-electron chi connectivity index (χ1n) is 5.96. The highest BCUT2D eigenvalue weighted by Gasteiger charge is 2.27. The zero-order valence-corrected chi connectivity index (χ0v) is 11.1. The van der Waals surface area contributed by atoms with Crippen molar-refractivity contribution in [3.63, 3.8) is 0 Å². The van der Waals surface area contributed by atoms with E-state index in [4.69, 9.17) is 10.5 Å². The predicted octanol–water partition coefficient (Wildman–Crippen LogP) is 2.58. The van der Waals surface area contributed by atoms with E-state index in [0.29, 0.717) is 12.3 Å². The lowest BCUT2D eigenvalue weighted by Crippen LogP contribution is -2.31. The molecular weight excluding hydrogens is 257 g/mol. The molecule has 3 nitrogen and oxygen atoms in total. The molecule has 0 heterocycles. The Balaban J connectivity index is 2.51. The Morgan fingerprint density at radius 1 is 1.37 bits per heavy atom. The molecular formula is C13H19F3N2O. The van der Waals surface area contributed by atoms with Crippen molar-refractivity contribution in [2.45, 2.75) is 18.6 Å². The van der Waals surface area contributed by atoms with Gasteiger partial charge in [-0.15, -0.1) is 0 Å². The molecule has 0 amide bonds. The highest BCUT2D eigenvalue weighted by molar-refractivity contribution is 5.30. The van der Waals surface area contributed by atoms with Gasteiger partial charge in [0.1, 0.15) is 5.75 Å². The molecule has 0 saturated carbocycles. The summed E-state index contributed by atoms with van der Waals surface area (Å²) in [4.78, 5) is 1.58. The number of hydrogen-bond donors (Lipinski definition) is 1. The summed E-state index contributed by atoms with van der Waals surface area (Å²) in [6.45, 7) is 0.310. The summed E-state index contributed by atoms with van der Waals surface area (Å²) >= 11 is 0. The van der Waals surface area contributed by atoms with Crippen LogP contribution in [-0.2, 0) is 0 Å². The minimum atomic E-state index is -4.13. The van der Waals surface area contributed by atoms with Gasteiger partial charge in [-0.1, -0.05) is 12.1 Å². The van der Waals surface area contributed by atoms with Crippen LogP contribution in [0.5, 0.6) is 5.75 Å². The maximum absolute atomic E-state index is 12.1. The first-order valence-corrected chi connectivity index (χ1v) is 5.96. The third-order valence-corrected chi connectivity index (χ3v) is 2.81. The molecule has 0 aliphatic carbocycles. The van der Waals surface area contributed by atoms with Crippen LogP contribution in [0.4, 0.5) is 13.2 Å². The van der Waals surface area contributed by atoms with Crippen molar-refractivity contribution in [3.8, 4) is 5.75 Å². The first-order chi connectivity index (χ1) is 8.81. The van der Waals surface area contributed by atoms with Crippen LogP contribution >= 0.6 is 0 Å². The number of benzene rings is 1. The average molecular weight is 276 g/mol. The number of nitrogens with zero attached hydrogens (tertiary/aromatic N) is 1. The van der Waals surface area contributed by atoms with E-state index in [-0.39, 0.29) is 12.6 Å². The molecule has 0 spiro atoms. The van der Waals surface area contributed by atoms with Crippen LogP contribution in [0.3, 0.4) is 0 Å². The van der Waals surface area contributed by atoms with E-state index in [0.717, 1.165) is 5.56 Å². The molecule has 0 aliphatic rings. The molecule has 108 valence electrons. The number of alkyl halides is 3. The number of rotatable bonds is 6. The second-order valence-electron chi connectivity index (χ2n) is 4.51. The van der Waals surface area contributed by atoms with Gasteiger partial charge in [0.25, 0.3) is 0 Å². The highest BCUT2D eigenvalue weighted by Crippen LogP contribution is 2.21. The van der Waals surface area contributed by atoms with Crippen molar-refractivity contribution in [2.24, 2.45) is 5.73 Å². The topological polar surface area (TPSA) is 38.5 Å². The average Bonchev–Trinajstić information content (AvgIpc) is 2.35. The van der Waals surface area contributed by atoms with Crippen LogP contribution in [0.2, 0.25) is 0 Å². The van der Waals surface area contributed by atoms with Crippen molar-refractivity contribution >= 4 is 0 Å². The quantitative estimate of drug-likeness (QED) is 0.868. The van der Waals surface area contributed by atoms with Gasteiger partial charge in [0.2, 0.25) is 0 Å². The van der Waals surface area contributed by atoms with Crippen LogP contribution < -0.4 is 10.5 Å². The Morgan fingerprint density at radius 3 is 2.63 bits per heavy atom. The summed E-state index contributed by atoms with van der Waals surface area (Å²) in [6, 6.07) is 6.90. The Hall–Kier alpha value is -1.27. The molecule has 19 heavy (non-hydrogen) atoms. The number of methoxy groups -OCH3 is 1. The maximum Gasteiger partial charge on any atom is 0.390 e. The summed E-state index contributed by atoms with van der Waals surface area (Å²) in [5, 5.41) is 0. The van der Waals surface area contributed by atoms with Crippen LogP contribution in [0.15, 0.2) is 24.3 Å². The summed E-state index contributed by atoms with van der Waals surface area (Å²) in [6.07, 6.45) is -4.96. The number of ether oxygens (including phenoxy) is 1. The standard InChI is InChI=1S/C13H19F3N2O/c1-18(7-6-13(14,15)16)9-12(17)10-4-3-5-11(8-10)19-2/h3-5,8,12H,6-7,9,17H2,1-2H3. The van der Waals surface area contributed by atoms with Crippen LogP contribution in [-0.4, -0.2) is 38.3 Å². The van der Waals surface area contributed by atoms with Gasteiger partial charge in [0.05, 0.1) is 13.5 Å². The number of nitrogens with two attached hydrogens (primary N) is 1. The van der Waals surface area contributed by atoms with E-state index < -0.39 is 12.6 Å². The van der Waals surface area contributed by atoms with Crippen molar-refractivity contribution in [3.05, 3.63) is 29.8 Å². The monoisotopic (exact) mass is 276 g/mol. The molecule has 1 unspecified atom stereocenters. The molecule has 0 aromatic heterocycles. The number of likely N-dealkylation sites (N-methyl/N-ethyl adjacent to an activating group) is 1. The minimum Gasteiger partial charge on any atom is -0.497 e. The van der Waals surface area contributed by atoms with Crippen LogP contribution in [0.25, 0.3) is 0 Å². The fourth-order valence-electron chi connectivity index (χ4n) is 1.72. The second-order valence-corrected chi connectivity index (χ2v) is 4.51. The zero-order chi connectivity index (χ0) is 14.5. The Bertz CT molecular complexity index is 396. The largest absolute Gasteiger partial charge is 0.497 e. The van der Waals surface area contributed by atoms with Crippen molar-refractivity contribution < 1.29 is 17.9 Å². The molecule has 1 rings (SSSR count). The first kappa shape index (κ1) is 15.8. The van der Waals surface area contributed by atoms with Crippen molar-refractivity contribution in [1.82, 2.24) is 4.90 Å². The van der Waals surface area contributed by atoms with E-state index in [9.17, 15) is 13.2 Å². The minimum absolute atomic E-state index is 0.0544. The van der Waals surface area contributed by atoms with E-state index >= 15 is 0 Å². The molecule has 0 radical (unpaired) electrons. The molecule has 6 heteroatoms. The molecule has 0 aliphatic heterocycles. The predicted molar refractivity (Wildman–Crippen MR) is 68.1 cm³/mol. The smallest absolute Gasteiger partial charge is 0.390 e. The van der Waals surface area contributed by atoms with E-state index in [2.05, 4.69) is 0 Å². The molecule has 1 aromatic rings. The highest BCUT2D eigenvalue weighted by atomic mass is 19.4. The fourth-order valence-corrected chi connectivity index (χ4v) is 1.72. The third-order valence-electron chi connectivity index (χ3n) is 2.81. The van der Waals surface area contributed by atoms with Gasteiger partial charge in [-0.2, -0.15) is 13.2 Å². The van der Waals surface area contributed by atoms with Gasteiger partial charge < -0.3 is 15.4 Å². The summed E-state index contributed by atoms with van der Waals surface area (Å²) in [7, 11) is 3.19. The lowest BCUT2D eigenvalue weighted by molar-refractivity contribution is -0.137. The summed E-state index contributed by atoms with van der Waals surface area (Å²) in [5.74, 6) is 0.686. The summed E-state index contributed by atoms with van der Waals surface area (Å²) < 4.78 is 41.4.